The van der Waals surface area contributed by atoms with Crippen molar-refractivity contribution in [2.24, 2.45) is 0 Å². The molecule has 0 spiro atoms. The Kier molecular flexibility index (Phi) is 11.4. The molecule has 0 aromatic heterocycles. The largest absolute Gasteiger partial charge is 0.497 e. The van der Waals surface area contributed by atoms with E-state index < -0.39 is 28.5 Å². The van der Waals surface area contributed by atoms with E-state index in [1.807, 2.05) is 75.4 Å². The highest BCUT2D eigenvalue weighted by Gasteiger charge is 2.34. The molecule has 0 aliphatic carbocycles. The summed E-state index contributed by atoms with van der Waals surface area (Å²) in [5.41, 5.74) is 4.03. The number of sulfonamides is 1. The predicted octanol–water partition coefficient (Wildman–Crippen LogP) is 5.67. The third-order valence-corrected chi connectivity index (χ3v) is 9.29. The maximum atomic E-state index is 14.5. The minimum absolute atomic E-state index is 0.0171. The molecule has 8 nitrogen and oxygen atoms in total. The molecule has 45 heavy (non-hydrogen) atoms. The molecule has 1 N–H and O–H groups in total. The fourth-order valence-corrected chi connectivity index (χ4v) is 6.46. The highest BCUT2D eigenvalue weighted by Crippen LogP contribution is 2.27. The number of nitrogens with zero attached hydrogens (tertiary/aromatic N) is 2. The molecular weight excluding hydrogens is 586 g/mol. The van der Waals surface area contributed by atoms with Crippen LogP contribution in [-0.2, 0) is 32.6 Å². The van der Waals surface area contributed by atoms with E-state index in [-0.39, 0.29) is 23.8 Å². The van der Waals surface area contributed by atoms with Crippen molar-refractivity contribution in [1.29, 1.82) is 0 Å². The second-order valence-electron chi connectivity index (χ2n) is 11.0. The van der Waals surface area contributed by atoms with E-state index in [1.54, 1.807) is 36.4 Å². The van der Waals surface area contributed by atoms with Crippen LogP contribution < -0.4 is 14.4 Å². The fourth-order valence-electron chi connectivity index (χ4n) is 5.04. The molecule has 1 atom stereocenters. The van der Waals surface area contributed by atoms with E-state index in [1.165, 1.54) is 24.1 Å². The normalized spacial score (nSPS) is 11.8. The molecule has 4 aromatic carbocycles. The van der Waals surface area contributed by atoms with Crippen molar-refractivity contribution < 1.29 is 22.7 Å². The summed E-state index contributed by atoms with van der Waals surface area (Å²) in [4.78, 5) is 29.8. The van der Waals surface area contributed by atoms with Crippen LogP contribution in [0.4, 0.5) is 5.69 Å². The summed E-state index contributed by atoms with van der Waals surface area (Å²) in [5.74, 6) is -0.276. The van der Waals surface area contributed by atoms with Gasteiger partial charge in [0.05, 0.1) is 17.7 Å². The first-order valence-electron chi connectivity index (χ1n) is 15.0. The van der Waals surface area contributed by atoms with Gasteiger partial charge in [-0.25, -0.2) is 8.42 Å². The van der Waals surface area contributed by atoms with Crippen LogP contribution in [-0.4, -0.2) is 51.4 Å². The van der Waals surface area contributed by atoms with Gasteiger partial charge in [-0.15, -0.1) is 0 Å². The Morgan fingerprint density at radius 3 is 2.11 bits per heavy atom. The highest BCUT2D eigenvalue weighted by molar-refractivity contribution is 7.92. The zero-order valence-electron chi connectivity index (χ0n) is 26.3. The summed E-state index contributed by atoms with van der Waals surface area (Å²) in [5, 5.41) is 2.97. The van der Waals surface area contributed by atoms with Crippen molar-refractivity contribution in [3.8, 4) is 5.75 Å². The van der Waals surface area contributed by atoms with Gasteiger partial charge in [0.1, 0.15) is 18.3 Å². The van der Waals surface area contributed by atoms with Crippen LogP contribution >= 0.6 is 0 Å². The lowest BCUT2D eigenvalue weighted by Crippen LogP contribution is -2.53. The van der Waals surface area contributed by atoms with E-state index >= 15 is 0 Å². The lowest BCUT2D eigenvalue weighted by Gasteiger charge is -2.34. The Morgan fingerprint density at radius 2 is 1.49 bits per heavy atom. The number of aryl methyl sites for hydroxylation is 2. The Balaban J connectivity index is 1.79. The molecule has 0 saturated carbocycles. The molecule has 4 aromatic rings. The van der Waals surface area contributed by atoms with Crippen LogP contribution in [0.5, 0.6) is 5.75 Å². The van der Waals surface area contributed by atoms with Gasteiger partial charge in [0.25, 0.3) is 10.0 Å². The van der Waals surface area contributed by atoms with Gasteiger partial charge in [-0.3, -0.25) is 13.9 Å². The van der Waals surface area contributed by atoms with Crippen LogP contribution in [0.25, 0.3) is 0 Å². The summed E-state index contributed by atoms with van der Waals surface area (Å²) >= 11 is 0. The van der Waals surface area contributed by atoms with Crippen molar-refractivity contribution in [3.05, 3.63) is 125 Å². The molecule has 0 radical (unpaired) electrons. The quantitative estimate of drug-likeness (QED) is 0.194. The molecule has 2 amide bonds. The van der Waals surface area contributed by atoms with E-state index in [4.69, 9.17) is 4.74 Å². The van der Waals surface area contributed by atoms with Gasteiger partial charge in [0.2, 0.25) is 11.8 Å². The molecule has 0 saturated heterocycles. The summed E-state index contributed by atoms with van der Waals surface area (Å²) in [6.45, 7) is 5.91. The fraction of sp³-hybridized carbons (Fsp3) is 0.278. The molecule has 0 aliphatic heterocycles. The van der Waals surface area contributed by atoms with Crippen molar-refractivity contribution in [2.75, 3.05) is 24.5 Å². The van der Waals surface area contributed by atoms with Gasteiger partial charge in [0.15, 0.2) is 0 Å². The summed E-state index contributed by atoms with van der Waals surface area (Å²) < 4.78 is 34.6. The van der Waals surface area contributed by atoms with Crippen molar-refractivity contribution in [1.82, 2.24) is 10.2 Å². The molecule has 0 fully saturated rings. The molecule has 0 aliphatic rings. The lowest BCUT2D eigenvalue weighted by atomic mass is 10.0. The van der Waals surface area contributed by atoms with Gasteiger partial charge in [0, 0.05) is 19.5 Å². The number of hydrogen-bond acceptors (Lipinski definition) is 5. The first kappa shape index (κ1) is 33.3. The van der Waals surface area contributed by atoms with Crippen LogP contribution in [0.15, 0.2) is 108 Å². The molecule has 0 bridgehead atoms. The average molecular weight is 628 g/mol. The van der Waals surface area contributed by atoms with Gasteiger partial charge in [-0.05, 0) is 67.8 Å². The summed E-state index contributed by atoms with van der Waals surface area (Å²) in [7, 11) is -2.68. The summed E-state index contributed by atoms with van der Waals surface area (Å²) in [6, 6.07) is 29.4. The van der Waals surface area contributed by atoms with E-state index in [0.717, 1.165) is 33.0 Å². The molecule has 9 heteroatoms. The van der Waals surface area contributed by atoms with Crippen molar-refractivity contribution in [3.63, 3.8) is 0 Å². The Labute approximate surface area is 266 Å². The monoisotopic (exact) mass is 627 g/mol. The number of anilines is 1. The number of amides is 2. The number of hydrogen-bond donors (Lipinski definition) is 1. The highest BCUT2D eigenvalue weighted by atomic mass is 32.2. The zero-order valence-corrected chi connectivity index (χ0v) is 27.1. The number of carbonyl (C=O) groups excluding carboxylic acids is 2. The van der Waals surface area contributed by atoms with Crippen LogP contribution in [0.1, 0.15) is 35.6 Å². The third-order valence-electron chi connectivity index (χ3n) is 7.50. The number of rotatable bonds is 14. The van der Waals surface area contributed by atoms with Crippen LogP contribution in [0.3, 0.4) is 0 Å². The minimum Gasteiger partial charge on any atom is -0.497 e. The Morgan fingerprint density at radius 1 is 0.822 bits per heavy atom. The lowest BCUT2D eigenvalue weighted by molar-refractivity contribution is -0.140. The second kappa shape index (κ2) is 15.4. The number of methoxy groups -OCH3 is 1. The molecule has 4 rings (SSSR count). The minimum atomic E-state index is -4.19. The number of carbonyl (C=O) groups is 2. The standard InChI is InChI=1S/C36H41N3O5S/c1-5-22-37-36(41)34(24-29-11-7-6-8-12-29)38(25-30-13-9-10-28(3)23-30)35(40)26-39(31-16-14-27(2)15-17-31)45(42,43)33-20-18-32(44-4)19-21-33/h6-21,23,34H,5,22,24-26H2,1-4H3,(H,37,41)/t34-/m0/s1. The Hall–Kier alpha value is -4.63. The molecule has 0 unspecified atom stereocenters. The number of nitrogens with one attached hydrogen (secondary N) is 1. The van der Waals surface area contributed by atoms with Crippen LogP contribution in [0, 0.1) is 13.8 Å². The van der Waals surface area contributed by atoms with Gasteiger partial charge >= 0.3 is 0 Å². The SMILES string of the molecule is CCCNC(=O)[C@H](Cc1ccccc1)N(Cc1cccc(C)c1)C(=O)CN(c1ccc(C)cc1)S(=O)(=O)c1ccc(OC)cc1. The van der Waals surface area contributed by atoms with Gasteiger partial charge in [-0.2, -0.15) is 0 Å². The maximum Gasteiger partial charge on any atom is 0.264 e. The van der Waals surface area contributed by atoms with Crippen molar-refractivity contribution >= 4 is 27.5 Å². The van der Waals surface area contributed by atoms with Gasteiger partial charge < -0.3 is 15.0 Å². The Bertz CT molecular complexity index is 1670. The molecule has 0 heterocycles. The third kappa shape index (κ3) is 8.73. The first-order valence-corrected chi connectivity index (χ1v) is 16.5. The predicted molar refractivity (Wildman–Crippen MR) is 178 cm³/mol. The number of ether oxygens (including phenoxy) is 1. The van der Waals surface area contributed by atoms with Gasteiger partial charge in [-0.1, -0.05) is 84.8 Å². The maximum absolute atomic E-state index is 14.5. The number of benzene rings is 4. The molecule has 236 valence electrons. The van der Waals surface area contributed by atoms with Crippen molar-refractivity contribution in [2.45, 2.75) is 51.1 Å². The average Bonchev–Trinajstić information content (AvgIpc) is 3.05. The smallest absolute Gasteiger partial charge is 0.264 e. The summed E-state index contributed by atoms with van der Waals surface area (Å²) in [6.07, 6.45) is 1.00. The van der Waals surface area contributed by atoms with E-state index in [9.17, 15) is 18.0 Å². The van der Waals surface area contributed by atoms with Crippen LogP contribution in [0.2, 0.25) is 0 Å². The van der Waals surface area contributed by atoms with E-state index in [2.05, 4.69) is 5.32 Å². The molecular formula is C36H41N3O5S. The zero-order chi connectivity index (χ0) is 32.4. The second-order valence-corrected chi connectivity index (χ2v) is 12.9. The topological polar surface area (TPSA) is 96.0 Å². The van der Waals surface area contributed by atoms with E-state index in [0.29, 0.717) is 18.0 Å². The first-order chi connectivity index (χ1) is 21.6.